The smallest absolute Gasteiger partial charge is 0.411 e. The van der Waals surface area contributed by atoms with Crippen LogP contribution in [0, 0.1) is 0 Å². The van der Waals surface area contributed by atoms with Gasteiger partial charge in [-0.1, -0.05) is 48.5 Å². The molecule has 3 aromatic rings. The average molecular weight is 414 g/mol. The molecule has 2 aliphatic rings. The van der Waals surface area contributed by atoms with Gasteiger partial charge in [-0.2, -0.15) is 0 Å². The van der Waals surface area contributed by atoms with Crippen molar-refractivity contribution in [3.8, 4) is 11.1 Å². The fraction of sp³-hybridized carbons (Fsp3) is 0.125. The lowest BCUT2D eigenvalue weighted by Crippen LogP contribution is -2.20. The molecule has 0 atom stereocenters. The van der Waals surface area contributed by atoms with E-state index in [-0.39, 0.29) is 35.9 Å². The van der Waals surface area contributed by atoms with Gasteiger partial charge in [0.2, 0.25) is 0 Å². The van der Waals surface area contributed by atoms with Gasteiger partial charge in [0, 0.05) is 18.0 Å². The molecule has 1 aliphatic heterocycles. The van der Waals surface area contributed by atoms with E-state index in [1.165, 1.54) is 12.1 Å². The third-order valence-corrected chi connectivity index (χ3v) is 5.78. The molecule has 0 radical (unpaired) electrons. The Bertz CT molecular complexity index is 1200. The molecular formula is C24H18N2O5. The number of hydrogen-bond donors (Lipinski definition) is 3. The SMILES string of the molecule is O=C(Nc1ccc(C(=O)O)c2c1C(=O)NC2)OCC1c2ccccc2-c2ccccc21. The van der Waals surface area contributed by atoms with Crippen LogP contribution in [0.25, 0.3) is 11.1 Å². The molecule has 0 fully saturated rings. The molecule has 1 heterocycles. The zero-order valence-corrected chi connectivity index (χ0v) is 16.3. The molecule has 5 rings (SSSR count). The quantitative estimate of drug-likeness (QED) is 0.599. The molecule has 0 bridgehead atoms. The topological polar surface area (TPSA) is 105 Å². The summed E-state index contributed by atoms with van der Waals surface area (Å²) < 4.78 is 5.52. The van der Waals surface area contributed by atoms with Crippen molar-refractivity contribution in [2.24, 2.45) is 0 Å². The summed E-state index contributed by atoms with van der Waals surface area (Å²) in [5.74, 6) is -1.63. The Kier molecular flexibility index (Phi) is 4.43. The van der Waals surface area contributed by atoms with E-state index in [1.54, 1.807) is 0 Å². The maximum Gasteiger partial charge on any atom is 0.411 e. The minimum Gasteiger partial charge on any atom is -0.478 e. The summed E-state index contributed by atoms with van der Waals surface area (Å²) in [4.78, 5) is 36.1. The third-order valence-electron chi connectivity index (χ3n) is 5.78. The van der Waals surface area contributed by atoms with E-state index in [1.807, 2.05) is 36.4 Å². The summed E-state index contributed by atoms with van der Waals surface area (Å²) in [6.07, 6.45) is -0.702. The first kappa shape index (κ1) is 18.9. The zero-order chi connectivity index (χ0) is 21.5. The summed E-state index contributed by atoms with van der Waals surface area (Å²) in [6.45, 7) is 0.247. The van der Waals surface area contributed by atoms with E-state index in [4.69, 9.17) is 4.74 Å². The summed E-state index contributed by atoms with van der Waals surface area (Å²) in [6, 6.07) is 18.9. The lowest BCUT2D eigenvalue weighted by atomic mass is 9.98. The van der Waals surface area contributed by atoms with Crippen LogP contribution in [0.15, 0.2) is 60.7 Å². The summed E-state index contributed by atoms with van der Waals surface area (Å²) in [5, 5.41) is 14.5. The van der Waals surface area contributed by atoms with Gasteiger partial charge in [-0.3, -0.25) is 10.1 Å². The number of fused-ring (bicyclic) bond motifs is 4. The average Bonchev–Trinajstić information content (AvgIpc) is 3.31. The van der Waals surface area contributed by atoms with E-state index in [0.717, 1.165) is 22.3 Å². The summed E-state index contributed by atoms with van der Waals surface area (Å²) in [5.41, 5.74) is 5.24. The number of carbonyl (C=O) groups is 3. The van der Waals surface area contributed by atoms with Gasteiger partial charge in [-0.05, 0) is 34.4 Å². The highest BCUT2D eigenvalue weighted by Gasteiger charge is 2.30. The lowest BCUT2D eigenvalue weighted by molar-refractivity contribution is 0.0695. The second-order valence-electron chi connectivity index (χ2n) is 7.45. The molecule has 0 saturated carbocycles. The molecule has 0 saturated heterocycles. The van der Waals surface area contributed by atoms with Crippen LogP contribution in [0.5, 0.6) is 0 Å². The van der Waals surface area contributed by atoms with Crippen molar-refractivity contribution in [2.45, 2.75) is 12.5 Å². The number of rotatable bonds is 4. The van der Waals surface area contributed by atoms with Crippen molar-refractivity contribution < 1.29 is 24.2 Å². The third kappa shape index (κ3) is 3.11. The number of hydrogen-bond acceptors (Lipinski definition) is 4. The van der Waals surface area contributed by atoms with Crippen molar-refractivity contribution in [2.75, 3.05) is 11.9 Å². The Hall–Kier alpha value is -4.13. The van der Waals surface area contributed by atoms with Gasteiger partial charge in [-0.25, -0.2) is 9.59 Å². The minimum absolute atomic E-state index is 0.0337. The molecule has 7 heteroatoms. The number of nitrogens with one attached hydrogen (secondary N) is 2. The van der Waals surface area contributed by atoms with Crippen molar-refractivity contribution >= 4 is 23.7 Å². The van der Waals surface area contributed by atoms with Gasteiger partial charge in [0.05, 0.1) is 16.8 Å². The van der Waals surface area contributed by atoms with Crippen molar-refractivity contribution in [3.63, 3.8) is 0 Å². The predicted molar refractivity (Wildman–Crippen MR) is 113 cm³/mol. The second-order valence-corrected chi connectivity index (χ2v) is 7.45. The van der Waals surface area contributed by atoms with E-state index in [0.29, 0.717) is 5.56 Å². The Morgan fingerprint density at radius 3 is 2.29 bits per heavy atom. The number of carbonyl (C=O) groups excluding carboxylic acids is 2. The highest BCUT2D eigenvalue weighted by atomic mass is 16.5. The second kappa shape index (κ2) is 7.28. The first-order chi connectivity index (χ1) is 15.0. The first-order valence-electron chi connectivity index (χ1n) is 9.84. The van der Waals surface area contributed by atoms with E-state index in [9.17, 15) is 19.5 Å². The largest absolute Gasteiger partial charge is 0.478 e. The van der Waals surface area contributed by atoms with Crippen LogP contribution in [0.4, 0.5) is 10.5 Å². The molecule has 0 aromatic heterocycles. The van der Waals surface area contributed by atoms with Crippen molar-refractivity contribution in [1.82, 2.24) is 5.32 Å². The molecule has 1 aliphatic carbocycles. The molecule has 2 amide bonds. The molecule has 154 valence electrons. The summed E-state index contributed by atoms with van der Waals surface area (Å²) in [7, 11) is 0. The fourth-order valence-electron chi connectivity index (χ4n) is 4.40. The molecule has 31 heavy (non-hydrogen) atoms. The van der Waals surface area contributed by atoms with Gasteiger partial charge in [0.15, 0.2) is 0 Å². The highest BCUT2D eigenvalue weighted by Crippen LogP contribution is 2.44. The number of amides is 2. The van der Waals surface area contributed by atoms with E-state index < -0.39 is 18.0 Å². The Morgan fingerprint density at radius 1 is 1.00 bits per heavy atom. The molecule has 3 aromatic carbocycles. The number of carboxylic acids is 1. The zero-order valence-electron chi connectivity index (χ0n) is 16.3. The summed E-state index contributed by atoms with van der Waals surface area (Å²) >= 11 is 0. The monoisotopic (exact) mass is 414 g/mol. The Labute approximate surface area is 177 Å². The highest BCUT2D eigenvalue weighted by molar-refractivity contribution is 6.08. The predicted octanol–water partition coefficient (Wildman–Crippen LogP) is 3.99. The van der Waals surface area contributed by atoms with Crippen LogP contribution in [0.1, 0.15) is 43.3 Å². The molecular weight excluding hydrogens is 396 g/mol. The molecule has 3 N–H and O–H groups in total. The number of anilines is 1. The Balaban J connectivity index is 1.36. The van der Waals surface area contributed by atoms with Crippen molar-refractivity contribution in [3.05, 3.63) is 88.5 Å². The van der Waals surface area contributed by atoms with Gasteiger partial charge in [0.25, 0.3) is 5.91 Å². The normalized spacial score (nSPS) is 13.7. The number of aromatic carboxylic acids is 1. The maximum atomic E-state index is 12.5. The Morgan fingerprint density at radius 2 is 1.65 bits per heavy atom. The first-order valence-corrected chi connectivity index (χ1v) is 9.84. The van der Waals surface area contributed by atoms with Gasteiger partial charge >= 0.3 is 12.1 Å². The lowest BCUT2D eigenvalue weighted by Gasteiger charge is -2.15. The van der Waals surface area contributed by atoms with Crippen LogP contribution >= 0.6 is 0 Å². The van der Waals surface area contributed by atoms with Crippen LogP contribution in [0.3, 0.4) is 0 Å². The van der Waals surface area contributed by atoms with Gasteiger partial charge < -0.3 is 15.2 Å². The fourth-order valence-corrected chi connectivity index (χ4v) is 4.40. The molecule has 0 spiro atoms. The van der Waals surface area contributed by atoms with Crippen LogP contribution in [-0.2, 0) is 11.3 Å². The van der Waals surface area contributed by atoms with E-state index >= 15 is 0 Å². The number of ether oxygens (including phenoxy) is 1. The van der Waals surface area contributed by atoms with Crippen LogP contribution < -0.4 is 10.6 Å². The van der Waals surface area contributed by atoms with Crippen LogP contribution in [-0.4, -0.2) is 29.7 Å². The molecule has 0 unspecified atom stereocenters. The van der Waals surface area contributed by atoms with Gasteiger partial charge in [0.1, 0.15) is 6.61 Å². The standard InChI is InChI=1S/C24H18N2O5/c27-22-21-18(11-25-22)17(23(28)29)9-10-20(21)26-24(30)31-12-19-15-7-3-1-5-13(15)14-6-2-4-8-16(14)19/h1-10,19H,11-12H2,(H,25,27)(H,26,30)(H,28,29). The maximum absolute atomic E-state index is 12.5. The molecule has 7 nitrogen and oxygen atoms in total. The van der Waals surface area contributed by atoms with Crippen LogP contribution in [0.2, 0.25) is 0 Å². The van der Waals surface area contributed by atoms with Crippen molar-refractivity contribution in [1.29, 1.82) is 0 Å². The van der Waals surface area contributed by atoms with E-state index in [2.05, 4.69) is 22.8 Å². The minimum atomic E-state index is -1.12. The number of carboxylic acid groups (broad SMARTS) is 1. The number of benzene rings is 3. The van der Waals surface area contributed by atoms with Gasteiger partial charge in [-0.15, -0.1) is 0 Å².